The molecule has 2 aromatic rings. The molecule has 1 fully saturated rings. The molecule has 2 aliphatic rings. The lowest BCUT2D eigenvalue weighted by Crippen LogP contribution is -2.37. The highest BCUT2D eigenvalue weighted by atomic mass is 16.6. The minimum absolute atomic E-state index is 0.0353. The second kappa shape index (κ2) is 9.95. The monoisotopic (exact) mass is 467 g/mol. The van der Waals surface area contributed by atoms with Crippen LogP contribution in [-0.4, -0.2) is 38.3 Å². The number of ether oxygens (including phenoxy) is 4. The van der Waals surface area contributed by atoms with Gasteiger partial charge >= 0.3 is 5.97 Å². The van der Waals surface area contributed by atoms with Crippen molar-refractivity contribution in [1.82, 2.24) is 5.32 Å². The number of carbonyl (C=O) groups is 2. The second-order valence-corrected chi connectivity index (χ2v) is 9.50. The van der Waals surface area contributed by atoms with Crippen molar-refractivity contribution in [3.05, 3.63) is 41.5 Å². The summed E-state index contributed by atoms with van der Waals surface area (Å²) in [5.41, 5.74) is 2.38. The topological polar surface area (TPSA) is 83.1 Å². The Bertz CT molecular complexity index is 1070. The minimum atomic E-state index is -0.837. The third kappa shape index (κ3) is 4.83. The van der Waals surface area contributed by atoms with Crippen LogP contribution in [0.1, 0.15) is 61.9 Å². The maximum atomic E-state index is 12.7. The normalized spacial score (nSPS) is 15.9. The summed E-state index contributed by atoms with van der Waals surface area (Å²) in [5.74, 6) is 1.18. The number of fused-ring (bicyclic) bond motifs is 1. The fourth-order valence-corrected chi connectivity index (χ4v) is 4.73. The van der Waals surface area contributed by atoms with Gasteiger partial charge in [0.25, 0.3) is 5.91 Å². The summed E-state index contributed by atoms with van der Waals surface area (Å²) in [6, 6.07) is 9.35. The van der Waals surface area contributed by atoms with Crippen LogP contribution in [0.3, 0.4) is 0 Å². The van der Waals surface area contributed by atoms with Crippen molar-refractivity contribution >= 4 is 11.9 Å². The standard InChI is InChI=1S/C27H33NO6/c1-27(2,34-26(30)17-9-6-5-7-10-17)16-33-23-19(13-14-22(31-3)24(23)32-4)18-11-8-12-20-21(18)15-28-25(20)29/h8,11-14,17H,5-7,9-10,15-16H2,1-4H3,(H,28,29). The van der Waals surface area contributed by atoms with Crippen LogP contribution in [0.25, 0.3) is 11.1 Å². The van der Waals surface area contributed by atoms with Gasteiger partial charge in [-0.2, -0.15) is 0 Å². The molecule has 0 aromatic heterocycles. The van der Waals surface area contributed by atoms with Gasteiger partial charge in [-0.1, -0.05) is 31.4 Å². The molecule has 7 nitrogen and oxygen atoms in total. The van der Waals surface area contributed by atoms with Crippen molar-refractivity contribution in [3.8, 4) is 28.4 Å². The lowest BCUT2D eigenvalue weighted by molar-refractivity contribution is -0.165. The van der Waals surface area contributed by atoms with E-state index in [0.29, 0.717) is 29.4 Å². The Balaban J connectivity index is 1.63. The first-order chi connectivity index (χ1) is 16.3. The van der Waals surface area contributed by atoms with E-state index in [1.165, 1.54) is 6.42 Å². The van der Waals surface area contributed by atoms with Crippen LogP contribution in [0.15, 0.2) is 30.3 Å². The Kier molecular flexibility index (Phi) is 7.00. The molecule has 1 aliphatic carbocycles. The van der Waals surface area contributed by atoms with Gasteiger partial charge in [-0.3, -0.25) is 9.59 Å². The van der Waals surface area contributed by atoms with Crippen LogP contribution in [-0.2, 0) is 16.1 Å². The Hall–Kier alpha value is -3.22. The van der Waals surface area contributed by atoms with Crippen molar-refractivity contribution in [1.29, 1.82) is 0 Å². The Morgan fingerprint density at radius 1 is 0.971 bits per heavy atom. The van der Waals surface area contributed by atoms with Gasteiger partial charge < -0.3 is 24.3 Å². The molecule has 0 bridgehead atoms. The molecule has 0 atom stereocenters. The van der Waals surface area contributed by atoms with Crippen LogP contribution in [0.2, 0.25) is 0 Å². The summed E-state index contributed by atoms with van der Waals surface area (Å²) < 4.78 is 23.3. The largest absolute Gasteiger partial charge is 0.493 e. The zero-order valence-corrected chi connectivity index (χ0v) is 20.4. The maximum absolute atomic E-state index is 12.7. The summed E-state index contributed by atoms with van der Waals surface area (Å²) in [6.45, 7) is 4.28. The SMILES string of the molecule is COc1ccc(-c2cccc3c2CNC3=O)c(OCC(C)(C)OC(=O)C2CCCCC2)c1OC. The molecule has 0 unspecified atom stereocenters. The number of benzene rings is 2. The van der Waals surface area contributed by atoms with Crippen LogP contribution < -0.4 is 19.5 Å². The zero-order valence-electron chi connectivity index (χ0n) is 20.4. The number of esters is 1. The fraction of sp³-hybridized carbons (Fsp3) is 0.481. The van der Waals surface area contributed by atoms with Crippen molar-refractivity contribution < 1.29 is 28.5 Å². The van der Waals surface area contributed by atoms with E-state index in [1.54, 1.807) is 14.2 Å². The molecule has 1 saturated carbocycles. The number of rotatable bonds is 8. The zero-order chi connectivity index (χ0) is 24.3. The van der Waals surface area contributed by atoms with E-state index in [0.717, 1.165) is 42.4 Å². The molecule has 4 rings (SSSR count). The molecule has 182 valence electrons. The highest BCUT2D eigenvalue weighted by molar-refractivity contribution is 6.01. The van der Waals surface area contributed by atoms with E-state index < -0.39 is 5.60 Å². The predicted molar refractivity (Wildman–Crippen MR) is 128 cm³/mol. The number of nitrogens with one attached hydrogen (secondary N) is 1. The summed E-state index contributed by atoms with van der Waals surface area (Å²) >= 11 is 0. The molecule has 0 spiro atoms. The Morgan fingerprint density at radius 3 is 2.41 bits per heavy atom. The average molecular weight is 468 g/mol. The molecule has 1 aliphatic heterocycles. The van der Waals surface area contributed by atoms with E-state index in [1.807, 2.05) is 44.2 Å². The summed E-state index contributed by atoms with van der Waals surface area (Å²) in [4.78, 5) is 24.9. The second-order valence-electron chi connectivity index (χ2n) is 9.50. The first-order valence-corrected chi connectivity index (χ1v) is 11.9. The number of methoxy groups -OCH3 is 2. The Morgan fingerprint density at radius 2 is 1.71 bits per heavy atom. The molecule has 1 N–H and O–H groups in total. The number of carbonyl (C=O) groups excluding carboxylic acids is 2. The maximum Gasteiger partial charge on any atom is 0.309 e. The third-order valence-corrected chi connectivity index (χ3v) is 6.52. The number of amides is 1. The number of hydrogen-bond acceptors (Lipinski definition) is 6. The molecular weight excluding hydrogens is 434 g/mol. The van der Waals surface area contributed by atoms with E-state index in [9.17, 15) is 9.59 Å². The van der Waals surface area contributed by atoms with Gasteiger partial charge in [0.1, 0.15) is 12.2 Å². The van der Waals surface area contributed by atoms with E-state index >= 15 is 0 Å². The van der Waals surface area contributed by atoms with Gasteiger partial charge in [0, 0.05) is 17.7 Å². The summed E-state index contributed by atoms with van der Waals surface area (Å²) in [6.07, 6.45) is 5.09. The van der Waals surface area contributed by atoms with Gasteiger partial charge in [0.05, 0.1) is 20.1 Å². The molecule has 1 amide bonds. The van der Waals surface area contributed by atoms with Crippen molar-refractivity contribution in [2.24, 2.45) is 5.92 Å². The predicted octanol–water partition coefficient (Wildman–Crippen LogP) is 4.90. The molecule has 7 heteroatoms. The van der Waals surface area contributed by atoms with Crippen LogP contribution >= 0.6 is 0 Å². The molecule has 0 saturated heterocycles. The molecular formula is C27H33NO6. The van der Waals surface area contributed by atoms with Gasteiger partial charge in [-0.25, -0.2) is 0 Å². The quantitative estimate of drug-likeness (QED) is 0.557. The minimum Gasteiger partial charge on any atom is -0.493 e. The highest BCUT2D eigenvalue weighted by Gasteiger charge is 2.31. The average Bonchev–Trinajstić information content (AvgIpc) is 3.23. The van der Waals surface area contributed by atoms with Gasteiger partial charge in [0.15, 0.2) is 11.5 Å². The lowest BCUT2D eigenvalue weighted by atomic mass is 9.89. The fourth-order valence-electron chi connectivity index (χ4n) is 4.73. The molecule has 2 aromatic carbocycles. The lowest BCUT2D eigenvalue weighted by Gasteiger charge is -2.29. The van der Waals surface area contributed by atoms with Crippen molar-refractivity contribution in [2.45, 2.75) is 58.1 Å². The smallest absolute Gasteiger partial charge is 0.309 e. The molecule has 34 heavy (non-hydrogen) atoms. The first-order valence-electron chi connectivity index (χ1n) is 11.9. The van der Waals surface area contributed by atoms with Crippen molar-refractivity contribution in [3.63, 3.8) is 0 Å². The van der Waals surface area contributed by atoms with Gasteiger partial charge in [-0.05, 0) is 56.0 Å². The van der Waals surface area contributed by atoms with E-state index in [2.05, 4.69) is 5.32 Å². The summed E-state index contributed by atoms with van der Waals surface area (Å²) in [7, 11) is 3.13. The molecule has 0 radical (unpaired) electrons. The Labute approximate surface area is 200 Å². The third-order valence-electron chi connectivity index (χ3n) is 6.52. The van der Waals surface area contributed by atoms with Gasteiger partial charge in [0.2, 0.25) is 5.75 Å². The first kappa shape index (κ1) is 23.9. The van der Waals surface area contributed by atoms with Crippen molar-refractivity contribution in [2.75, 3.05) is 20.8 Å². The van der Waals surface area contributed by atoms with Crippen LogP contribution in [0.5, 0.6) is 17.2 Å². The number of hydrogen-bond donors (Lipinski definition) is 1. The van der Waals surface area contributed by atoms with Gasteiger partial charge in [-0.15, -0.1) is 0 Å². The van der Waals surface area contributed by atoms with E-state index in [4.69, 9.17) is 18.9 Å². The summed E-state index contributed by atoms with van der Waals surface area (Å²) in [5, 5.41) is 2.88. The van der Waals surface area contributed by atoms with Crippen LogP contribution in [0, 0.1) is 5.92 Å². The van der Waals surface area contributed by atoms with Crippen LogP contribution in [0.4, 0.5) is 0 Å². The highest BCUT2D eigenvalue weighted by Crippen LogP contribution is 2.46. The molecule has 1 heterocycles. The van der Waals surface area contributed by atoms with E-state index in [-0.39, 0.29) is 24.4 Å².